The van der Waals surface area contributed by atoms with Crippen LogP contribution < -0.4 is 5.32 Å². The largest absolute Gasteiger partial charge is 0.373 e. The van der Waals surface area contributed by atoms with E-state index >= 15 is 0 Å². The highest BCUT2D eigenvalue weighted by molar-refractivity contribution is 5.77. The Kier molecular flexibility index (Phi) is 2.40. The van der Waals surface area contributed by atoms with Crippen molar-refractivity contribution in [2.24, 2.45) is 0 Å². The molecule has 2 N–H and O–H groups in total. The van der Waals surface area contributed by atoms with E-state index in [1.165, 1.54) is 6.07 Å². The third-order valence-electron chi connectivity index (χ3n) is 2.58. The van der Waals surface area contributed by atoms with Gasteiger partial charge in [-0.05, 0) is 18.2 Å². The van der Waals surface area contributed by atoms with Gasteiger partial charge in [0.25, 0.3) is 0 Å². The topological polar surface area (TPSA) is 66.5 Å². The minimum Gasteiger partial charge on any atom is -0.373 e. The Morgan fingerprint density at radius 2 is 2.11 bits per heavy atom. The Hall–Kier alpha value is -2.50. The molecule has 3 heterocycles. The molecule has 0 aliphatic carbocycles. The number of imidazole rings is 1. The molecule has 0 unspecified atom stereocenters. The molecule has 3 aromatic heterocycles. The second-order valence-electron chi connectivity index (χ2n) is 3.79. The van der Waals surface area contributed by atoms with E-state index in [2.05, 4.69) is 25.3 Å². The molecular weight excluding hydrogens is 233 g/mol. The molecule has 0 spiro atoms. The first kappa shape index (κ1) is 10.6. The van der Waals surface area contributed by atoms with E-state index < -0.39 is 5.82 Å². The Morgan fingerprint density at radius 3 is 2.89 bits per heavy atom. The predicted molar refractivity (Wildman–Crippen MR) is 66.6 cm³/mol. The van der Waals surface area contributed by atoms with Crippen molar-refractivity contribution in [1.29, 1.82) is 0 Å². The maximum atomic E-state index is 13.1. The summed E-state index contributed by atoms with van der Waals surface area (Å²) < 4.78 is 13.1. The number of nitrogens with one attached hydrogen (secondary N) is 2. The fraction of sp³-hybridized carbons (Fsp3) is 0.0833. The normalized spacial score (nSPS) is 10.8. The van der Waals surface area contributed by atoms with Crippen molar-refractivity contribution in [2.45, 2.75) is 0 Å². The molecule has 0 atom stereocenters. The molecule has 3 aromatic rings. The molecule has 0 saturated heterocycles. The van der Waals surface area contributed by atoms with E-state index in [0.717, 1.165) is 17.5 Å². The second-order valence-corrected chi connectivity index (χ2v) is 3.79. The van der Waals surface area contributed by atoms with Crippen molar-refractivity contribution in [1.82, 2.24) is 19.9 Å². The average molecular weight is 243 g/mol. The highest BCUT2D eigenvalue weighted by Gasteiger charge is 2.07. The number of halogens is 1. The molecule has 0 saturated carbocycles. The summed E-state index contributed by atoms with van der Waals surface area (Å²) in [6, 6.07) is 5.09. The van der Waals surface area contributed by atoms with Gasteiger partial charge in [-0.25, -0.2) is 14.4 Å². The van der Waals surface area contributed by atoms with E-state index in [4.69, 9.17) is 0 Å². The molecule has 5 nitrogen and oxygen atoms in total. The fourth-order valence-corrected chi connectivity index (χ4v) is 1.71. The van der Waals surface area contributed by atoms with Crippen molar-refractivity contribution in [3.8, 4) is 11.4 Å². The Labute approximate surface area is 102 Å². The van der Waals surface area contributed by atoms with Gasteiger partial charge in [-0.1, -0.05) is 0 Å². The van der Waals surface area contributed by atoms with E-state index in [9.17, 15) is 4.39 Å². The summed E-state index contributed by atoms with van der Waals surface area (Å²) in [5.41, 5.74) is 1.98. The highest BCUT2D eigenvalue weighted by atomic mass is 19.1. The van der Waals surface area contributed by atoms with Crippen LogP contribution in [-0.4, -0.2) is 27.0 Å². The lowest BCUT2D eigenvalue weighted by atomic mass is 10.3. The van der Waals surface area contributed by atoms with Crippen molar-refractivity contribution < 1.29 is 4.39 Å². The lowest BCUT2D eigenvalue weighted by Crippen LogP contribution is -1.91. The maximum Gasteiger partial charge on any atom is 0.180 e. The third kappa shape index (κ3) is 1.77. The van der Waals surface area contributed by atoms with Gasteiger partial charge in [0.2, 0.25) is 0 Å². The van der Waals surface area contributed by atoms with Crippen molar-refractivity contribution in [3.63, 3.8) is 0 Å². The average Bonchev–Trinajstić information content (AvgIpc) is 2.81. The van der Waals surface area contributed by atoms with Crippen LogP contribution in [0.1, 0.15) is 0 Å². The zero-order valence-electron chi connectivity index (χ0n) is 9.61. The number of rotatable bonds is 2. The summed E-state index contributed by atoms with van der Waals surface area (Å²) >= 11 is 0. The predicted octanol–water partition coefficient (Wildman–Crippen LogP) is 2.20. The second kappa shape index (κ2) is 4.06. The van der Waals surface area contributed by atoms with E-state index in [1.54, 1.807) is 13.2 Å². The first-order valence-corrected chi connectivity index (χ1v) is 5.42. The van der Waals surface area contributed by atoms with Gasteiger partial charge in [-0.15, -0.1) is 0 Å². The van der Waals surface area contributed by atoms with E-state index in [0.29, 0.717) is 17.0 Å². The van der Waals surface area contributed by atoms with Crippen molar-refractivity contribution in [3.05, 3.63) is 36.4 Å². The van der Waals surface area contributed by atoms with Gasteiger partial charge in [0, 0.05) is 18.8 Å². The summed E-state index contributed by atoms with van der Waals surface area (Å²) in [5, 5.41) is 2.94. The molecule has 18 heavy (non-hydrogen) atoms. The molecule has 0 aromatic carbocycles. The lowest BCUT2D eigenvalue weighted by molar-refractivity contribution is 0.622. The quantitative estimate of drug-likeness (QED) is 0.724. The molecule has 6 heteroatoms. The molecule has 0 bridgehead atoms. The van der Waals surface area contributed by atoms with Gasteiger partial charge in [0.1, 0.15) is 17.5 Å². The van der Waals surface area contributed by atoms with Crippen molar-refractivity contribution in [2.75, 3.05) is 12.4 Å². The molecule has 90 valence electrons. The highest BCUT2D eigenvalue weighted by Crippen LogP contribution is 2.20. The van der Waals surface area contributed by atoms with Crippen LogP contribution in [0.25, 0.3) is 22.6 Å². The Bertz CT molecular complexity index is 707. The van der Waals surface area contributed by atoms with Crippen LogP contribution >= 0.6 is 0 Å². The van der Waals surface area contributed by atoms with Crippen LogP contribution in [0.15, 0.2) is 30.6 Å². The SMILES string of the molecule is CNc1ccc2[nH]c(-c3cncc(F)c3)nc2n1. The summed E-state index contributed by atoms with van der Waals surface area (Å²) in [5.74, 6) is 0.896. The summed E-state index contributed by atoms with van der Waals surface area (Å²) in [4.78, 5) is 15.5. The monoisotopic (exact) mass is 243 g/mol. The molecule has 0 amide bonds. The van der Waals surface area contributed by atoms with Gasteiger partial charge >= 0.3 is 0 Å². The van der Waals surface area contributed by atoms with Crippen LogP contribution in [0.4, 0.5) is 10.2 Å². The number of pyridine rings is 2. The maximum absolute atomic E-state index is 13.1. The van der Waals surface area contributed by atoms with Crippen LogP contribution in [-0.2, 0) is 0 Å². The zero-order valence-corrected chi connectivity index (χ0v) is 9.61. The smallest absolute Gasteiger partial charge is 0.180 e. The van der Waals surface area contributed by atoms with Crippen LogP contribution in [0.5, 0.6) is 0 Å². The molecule has 0 aliphatic heterocycles. The zero-order chi connectivity index (χ0) is 12.5. The van der Waals surface area contributed by atoms with Gasteiger partial charge in [-0.2, -0.15) is 0 Å². The van der Waals surface area contributed by atoms with Gasteiger partial charge in [0.05, 0.1) is 11.7 Å². The van der Waals surface area contributed by atoms with Gasteiger partial charge in [0.15, 0.2) is 5.65 Å². The lowest BCUT2D eigenvalue weighted by Gasteiger charge is -1.95. The Balaban J connectivity index is 2.13. The number of hydrogen-bond donors (Lipinski definition) is 2. The van der Waals surface area contributed by atoms with Gasteiger partial charge in [-0.3, -0.25) is 4.98 Å². The minimum absolute atomic E-state index is 0.392. The number of H-pyrrole nitrogens is 1. The number of hydrogen-bond acceptors (Lipinski definition) is 4. The molecule has 0 radical (unpaired) electrons. The first-order chi connectivity index (χ1) is 8.76. The third-order valence-corrected chi connectivity index (χ3v) is 2.58. The molecule has 3 rings (SSSR count). The summed E-state index contributed by atoms with van der Waals surface area (Å²) in [6.45, 7) is 0. The molecule has 0 fully saturated rings. The minimum atomic E-state index is -0.392. The first-order valence-electron chi connectivity index (χ1n) is 5.42. The van der Waals surface area contributed by atoms with Crippen LogP contribution in [0, 0.1) is 5.82 Å². The Morgan fingerprint density at radius 1 is 1.22 bits per heavy atom. The van der Waals surface area contributed by atoms with E-state index in [1.807, 2.05) is 12.1 Å². The summed E-state index contributed by atoms with van der Waals surface area (Å²) in [6.07, 6.45) is 2.71. The number of aromatic amines is 1. The summed E-state index contributed by atoms with van der Waals surface area (Å²) in [7, 11) is 1.79. The number of anilines is 1. The number of aromatic nitrogens is 4. The van der Waals surface area contributed by atoms with Gasteiger partial charge < -0.3 is 10.3 Å². The molecular formula is C12H10FN5. The number of fused-ring (bicyclic) bond motifs is 1. The standard InChI is InChI=1S/C12H10FN5/c1-14-10-3-2-9-12(17-10)18-11(16-9)7-4-8(13)6-15-5-7/h2-6H,1H3,(H2,14,16,17,18). The van der Waals surface area contributed by atoms with E-state index in [-0.39, 0.29) is 0 Å². The fourth-order valence-electron chi connectivity index (χ4n) is 1.71. The molecule has 0 aliphatic rings. The number of nitrogens with zero attached hydrogens (tertiary/aromatic N) is 3. The van der Waals surface area contributed by atoms with Crippen LogP contribution in [0.3, 0.4) is 0 Å². The van der Waals surface area contributed by atoms with Crippen molar-refractivity contribution >= 4 is 17.0 Å². The van der Waals surface area contributed by atoms with Crippen LogP contribution in [0.2, 0.25) is 0 Å².